The molecule has 0 aromatic heterocycles. The van der Waals surface area contributed by atoms with Crippen molar-refractivity contribution in [3.63, 3.8) is 0 Å². The van der Waals surface area contributed by atoms with Gasteiger partial charge in [-0.3, -0.25) is 5.32 Å². The number of rotatable bonds is 4. The molecular weight excluding hydrogens is 304 g/mol. The third-order valence-electron chi connectivity index (χ3n) is 3.60. The summed E-state index contributed by atoms with van der Waals surface area (Å²) in [6.45, 7) is 4.56. The van der Waals surface area contributed by atoms with Gasteiger partial charge in [0.1, 0.15) is 0 Å². The van der Waals surface area contributed by atoms with Crippen LogP contribution in [0, 0.1) is 13.8 Å². The first-order chi connectivity index (χ1) is 11.5. The number of hydrogen-bond acceptors (Lipinski definition) is 3. The number of nitrogens with two attached hydrogens (primary N) is 1. The molecule has 24 heavy (non-hydrogen) atoms. The van der Waals surface area contributed by atoms with Crippen LogP contribution >= 0.6 is 0 Å². The van der Waals surface area contributed by atoms with Gasteiger partial charge in [-0.25, -0.2) is 9.79 Å². The summed E-state index contributed by atoms with van der Waals surface area (Å²) in [4.78, 5) is 15.4. The van der Waals surface area contributed by atoms with Gasteiger partial charge in [-0.05, 0) is 54.8 Å². The zero-order chi connectivity index (χ0) is 17.5. The van der Waals surface area contributed by atoms with Gasteiger partial charge in [0, 0.05) is 11.4 Å². The van der Waals surface area contributed by atoms with Gasteiger partial charge in [-0.15, -0.1) is 0 Å². The van der Waals surface area contributed by atoms with Gasteiger partial charge in [0.2, 0.25) is 0 Å². The topological polar surface area (TPSA) is 88.7 Å². The number of carbonyl (C=O) groups excluding carboxylic acids is 1. The van der Waals surface area contributed by atoms with Crippen LogP contribution in [0.3, 0.4) is 0 Å². The van der Waals surface area contributed by atoms with Gasteiger partial charge in [-0.2, -0.15) is 0 Å². The Balaban J connectivity index is 1.94. The molecule has 126 valence electrons. The Hall–Kier alpha value is -3.02. The number of nitrogens with zero attached hydrogens (tertiary/aromatic N) is 1. The van der Waals surface area contributed by atoms with Crippen LogP contribution in [0.4, 0.5) is 16.2 Å². The fraction of sp³-hybridized carbons (Fsp3) is 0.222. The molecule has 0 fully saturated rings. The fourth-order valence-corrected chi connectivity index (χ4v) is 2.05. The zero-order valence-corrected chi connectivity index (χ0v) is 14.1. The number of amides is 1. The zero-order valence-electron chi connectivity index (χ0n) is 14.1. The standard InChI is InChI=1S/C18H22N4O2/c1-12-4-7-16(10-13(12)2)21-17(19)20-11-14-5-8-15(9-6-14)22-18(23)24-3/h4-10H,11H2,1-3H3,(H,22,23)(H3,19,20,21). The average molecular weight is 326 g/mol. The van der Waals surface area contributed by atoms with E-state index in [9.17, 15) is 4.79 Å². The summed E-state index contributed by atoms with van der Waals surface area (Å²) in [6, 6.07) is 13.4. The van der Waals surface area contributed by atoms with E-state index in [1.807, 2.05) is 30.3 Å². The molecule has 6 nitrogen and oxygen atoms in total. The first kappa shape index (κ1) is 17.3. The quantitative estimate of drug-likeness (QED) is 0.593. The molecule has 0 aliphatic rings. The number of aryl methyl sites for hydroxylation is 2. The van der Waals surface area contributed by atoms with Gasteiger partial charge >= 0.3 is 6.09 Å². The third kappa shape index (κ3) is 5.01. The molecule has 0 saturated carbocycles. The Labute approximate surface area is 141 Å². The third-order valence-corrected chi connectivity index (χ3v) is 3.60. The van der Waals surface area contributed by atoms with E-state index in [0.717, 1.165) is 11.3 Å². The van der Waals surface area contributed by atoms with Crippen LogP contribution in [-0.2, 0) is 11.3 Å². The summed E-state index contributed by atoms with van der Waals surface area (Å²) < 4.78 is 4.54. The minimum Gasteiger partial charge on any atom is -0.453 e. The van der Waals surface area contributed by atoms with Crippen molar-refractivity contribution in [2.75, 3.05) is 17.7 Å². The van der Waals surface area contributed by atoms with Gasteiger partial charge in [0.05, 0.1) is 13.7 Å². The Bertz CT molecular complexity index is 739. The largest absolute Gasteiger partial charge is 0.453 e. The summed E-state index contributed by atoms with van der Waals surface area (Å²) in [6.07, 6.45) is -0.498. The molecule has 2 aromatic rings. The van der Waals surface area contributed by atoms with Crippen molar-refractivity contribution in [2.24, 2.45) is 10.7 Å². The number of nitrogens with one attached hydrogen (secondary N) is 2. The van der Waals surface area contributed by atoms with Crippen molar-refractivity contribution in [1.82, 2.24) is 0 Å². The highest BCUT2D eigenvalue weighted by molar-refractivity contribution is 5.92. The lowest BCUT2D eigenvalue weighted by Crippen LogP contribution is -2.22. The van der Waals surface area contributed by atoms with E-state index in [1.165, 1.54) is 18.2 Å². The molecule has 6 heteroatoms. The number of guanidine groups is 1. The molecule has 0 aliphatic carbocycles. The highest BCUT2D eigenvalue weighted by atomic mass is 16.5. The van der Waals surface area contributed by atoms with Crippen LogP contribution in [0.2, 0.25) is 0 Å². The predicted octanol–water partition coefficient (Wildman–Crippen LogP) is 3.41. The second kappa shape index (κ2) is 8.01. The average Bonchev–Trinajstić information content (AvgIpc) is 2.57. The van der Waals surface area contributed by atoms with E-state index >= 15 is 0 Å². The normalized spacial score (nSPS) is 11.0. The number of ether oxygens (including phenoxy) is 1. The van der Waals surface area contributed by atoms with Crippen molar-refractivity contribution >= 4 is 23.4 Å². The summed E-state index contributed by atoms with van der Waals surface area (Å²) >= 11 is 0. The van der Waals surface area contributed by atoms with Gasteiger partial charge < -0.3 is 15.8 Å². The van der Waals surface area contributed by atoms with Crippen LogP contribution in [0.15, 0.2) is 47.5 Å². The molecule has 0 bridgehead atoms. The smallest absolute Gasteiger partial charge is 0.411 e. The van der Waals surface area contributed by atoms with Gasteiger partial charge in [0.15, 0.2) is 5.96 Å². The van der Waals surface area contributed by atoms with Gasteiger partial charge in [0.25, 0.3) is 0 Å². The fourth-order valence-electron chi connectivity index (χ4n) is 2.05. The maximum atomic E-state index is 11.1. The molecule has 0 heterocycles. The number of methoxy groups -OCH3 is 1. The lowest BCUT2D eigenvalue weighted by molar-refractivity contribution is 0.187. The molecule has 4 N–H and O–H groups in total. The van der Waals surface area contributed by atoms with Crippen LogP contribution < -0.4 is 16.4 Å². The maximum absolute atomic E-state index is 11.1. The summed E-state index contributed by atoms with van der Waals surface area (Å²) in [7, 11) is 1.32. The Morgan fingerprint density at radius 2 is 1.71 bits per heavy atom. The number of aliphatic imine (C=N–C) groups is 1. The lowest BCUT2D eigenvalue weighted by atomic mass is 10.1. The van der Waals surface area contributed by atoms with Crippen molar-refractivity contribution in [3.05, 3.63) is 59.2 Å². The molecule has 0 unspecified atom stereocenters. The molecule has 0 saturated heterocycles. The van der Waals surface area contributed by atoms with E-state index in [2.05, 4.69) is 34.2 Å². The molecule has 2 rings (SSSR count). The van der Waals surface area contributed by atoms with E-state index < -0.39 is 6.09 Å². The Morgan fingerprint density at radius 3 is 2.33 bits per heavy atom. The second-order valence-corrected chi connectivity index (χ2v) is 5.44. The molecule has 0 spiro atoms. The first-order valence-electron chi connectivity index (χ1n) is 7.56. The van der Waals surface area contributed by atoms with Crippen LogP contribution in [-0.4, -0.2) is 19.2 Å². The molecular formula is C18H22N4O2. The molecule has 0 radical (unpaired) electrons. The molecule has 0 aliphatic heterocycles. The van der Waals surface area contributed by atoms with Crippen molar-refractivity contribution in [1.29, 1.82) is 0 Å². The molecule has 0 atom stereocenters. The van der Waals surface area contributed by atoms with E-state index in [0.29, 0.717) is 18.2 Å². The van der Waals surface area contributed by atoms with E-state index in [1.54, 1.807) is 12.1 Å². The minimum atomic E-state index is -0.498. The Morgan fingerprint density at radius 1 is 1.04 bits per heavy atom. The summed E-state index contributed by atoms with van der Waals surface area (Å²) in [5.74, 6) is 0.356. The van der Waals surface area contributed by atoms with Crippen LogP contribution in [0.25, 0.3) is 0 Å². The summed E-state index contributed by atoms with van der Waals surface area (Å²) in [5.41, 5.74) is 10.9. The van der Waals surface area contributed by atoms with Crippen LogP contribution in [0.1, 0.15) is 16.7 Å². The van der Waals surface area contributed by atoms with Crippen LogP contribution in [0.5, 0.6) is 0 Å². The minimum absolute atomic E-state index is 0.356. The van der Waals surface area contributed by atoms with Crippen molar-refractivity contribution in [2.45, 2.75) is 20.4 Å². The second-order valence-electron chi connectivity index (χ2n) is 5.44. The highest BCUT2D eigenvalue weighted by Gasteiger charge is 2.01. The monoisotopic (exact) mass is 326 g/mol. The highest BCUT2D eigenvalue weighted by Crippen LogP contribution is 2.14. The van der Waals surface area contributed by atoms with E-state index in [4.69, 9.17) is 5.73 Å². The maximum Gasteiger partial charge on any atom is 0.411 e. The van der Waals surface area contributed by atoms with Crippen molar-refractivity contribution < 1.29 is 9.53 Å². The number of benzene rings is 2. The SMILES string of the molecule is COC(=O)Nc1ccc(CN=C(N)Nc2ccc(C)c(C)c2)cc1. The van der Waals surface area contributed by atoms with E-state index in [-0.39, 0.29) is 0 Å². The van der Waals surface area contributed by atoms with Gasteiger partial charge in [-0.1, -0.05) is 18.2 Å². The number of hydrogen-bond donors (Lipinski definition) is 3. The number of anilines is 2. The number of carbonyl (C=O) groups is 1. The first-order valence-corrected chi connectivity index (χ1v) is 7.56. The predicted molar refractivity (Wildman–Crippen MR) is 97.3 cm³/mol. The Kier molecular flexibility index (Phi) is 5.78. The molecule has 1 amide bonds. The van der Waals surface area contributed by atoms with Crippen molar-refractivity contribution in [3.8, 4) is 0 Å². The lowest BCUT2D eigenvalue weighted by Gasteiger charge is -2.08. The summed E-state index contributed by atoms with van der Waals surface area (Å²) in [5, 5.41) is 5.67. The molecule has 2 aromatic carbocycles.